The molecule has 1 aliphatic carbocycles. The van der Waals surface area contributed by atoms with Crippen LogP contribution in [0.4, 0.5) is 0 Å². The first-order chi connectivity index (χ1) is 11.6. The van der Waals surface area contributed by atoms with E-state index in [0.717, 1.165) is 30.7 Å². The Labute approximate surface area is 146 Å². The number of carbonyl (C=O) groups excluding carboxylic acids is 2. The number of rotatable bonds is 5. The number of thioether (sulfide) groups is 1. The van der Waals surface area contributed by atoms with Crippen LogP contribution in [0, 0.1) is 0 Å². The van der Waals surface area contributed by atoms with Gasteiger partial charge in [0, 0.05) is 37.1 Å². The Bertz CT molecular complexity index is 779. The highest BCUT2D eigenvalue weighted by Gasteiger charge is 2.24. The number of esters is 1. The maximum atomic E-state index is 12.1. The van der Waals surface area contributed by atoms with Crippen molar-refractivity contribution in [2.75, 3.05) is 11.7 Å². The van der Waals surface area contributed by atoms with Gasteiger partial charge in [0.2, 0.25) is 5.91 Å². The van der Waals surface area contributed by atoms with Gasteiger partial charge in [0.15, 0.2) is 0 Å². The minimum absolute atomic E-state index is 0.0434. The quantitative estimate of drug-likeness (QED) is 0.472. The van der Waals surface area contributed by atoms with Gasteiger partial charge in [0.25, 0.3) is 0 Å². The highest BCUT2D eigenvalue weighted by molar-refractivity contribution is 7.99. The Balaban J connectivity index is 1.87. The van der Waals surface area contributed by atoms with Gasteiger partial charge in [-0.1, -0.05) is 24.3 Å². The molecule has 0 unspecified atom stereocenters. The van der Waals surface area contributed by atoms with Crippen LogP contribution in [0.1, 0.15) is 35.5 Å². The molecule has 0 amide bonds. The second-order valence-electron chi connectivity index (χ2n) is 5.93. The number of aromatic nitrogens is 1. The van der Waals surface area contributed by atoms with Gasteiger partial charge in [-0.25, -0.2) is 0 Å². The van der Waals surface area contributed by atoms with Crippen LogP contribution in [0.5, 0.6) is 0 Å². The summed E-state index contributed by atoms with van der Waals surface area (Å²) >= 11 is 1.56. The summed E-state index contributed by atoms with van der Waals surface area (Å²) in [6.45, 7) is 3.02. The van der Waals surface area contributed by atoms with E-state index in [2.05, 4.69) is 24.3 Å². The normalized spacial score (nSPS) is 12.4. The van der Waals surface area contributed by atoms with E-state index in [-0.39, 0.29) is 11.9 Å². The molecule has 1 aromatic heterocycles. The summed E-state index contributed by atoms with van der Waals surface area (Å²) in [5, 5.41) is 0. The third-order valence-electron chi connectivity index (χ3n) is 4.30. The highest BCUT2D eigenvalue weighted by Crippen LogP contribution is 2.37. The van der Waals surface area contributed by atoms with E-state index >= 15 is 0 Å². The van der Waals surface area contributed by atoms with E-state index in [1.807, 2.05) is 6.20 Å². The Morgan fingerprint density at radius 2 is 1.92 bits per heavy atom. The molecule has 1 heterocycles. The van der Waals surface area contributed by atoms with Crippen LogP contribution in [0.2, 0.25) is 0 Å². The van der Waals surface area contributed by atoms with Crippen molar-refractivity contribution < 1.29 is 14.3 Å². The fraction of sp³-hybridized carbons (Fsp3) is 0.368. The number of hydrogen-bond donors (Lipinski definition) is 0. The first-order valence-corrected chi connectivity index (χ1v) is 9.27. The summed E-state index contributed by atoms with van der Waals surface area (Å²) in [5.41, 5.74) is 6.14. The summed E-state index contributed by atoms with van der Waals surface area (Å²) in [7, 11) is 0. The van der Waals surface area contributed by atoms with Gasteiger partial charge in [0.05, 0.1) is 0 Å². The summed E-state index contributed by atoms with van der Waals surface area (Å²) in [4.78, 5) is 22.9. The standard InChI is InChI=1S/C19H21NO3S/c1-13(21)20-11-16-8-7-15-5-3-4-6-17(15)19(16)18(20)9-10-24-12-23-14(2)22/h3-6,11H,7-10,12H2,1-2H3. The Kier molecular flexibility index (Phi) is 5.09. The number of hydrogen-bond acceptors (Lipinski definition) is 4. The summed E-state index contributed by atoms with van der Waals surface area (Å²) in [6, 6.07) is 8.44. The number of aryl methyl sites for hydroxylation is 2. The second kappa shape index (κ2) is 7.26. The van der Waals surface area contributed by atoms with Crippen LogP contribution >= 0.6 is 11.8 Å². The molecule has 0 aliphatic heterocycles. The third-order valence-corrected chi connectivity index (χ3v) is 5.08. The van der Waals surface area contributed by atoms with Crippen molar-refractivity contribution in [2.24, 2.45) is 0 Å². The molecule has 4 nitrogen and oxygen atoms in total. The molecule has 5 heteroatoms. The van der Waals surface area contributed by atoms with Gasteiger partial charge in [0.1, 0.15) is 5.94 Å². The van der Waals surface area contributed by atoms with Gasteiger partial charge in [-0.05, 0) is 36.0 Å². The molecule has 0 saturated heterocycles. The van der Waals surface area contributed by atoms with Crippen molar-refractivity contribution in [2.45, 2.75) is 33.1 Å². The number of fused-ring (bicyclic) bond motifs is 3. The van der Waals surface area contributed by atoms with Crippen molar-refractivity contribution in [3.05, 3.63) is 47.3 Å². The van der Waals surface area contributed by atoms with Crippen LogP contribution < -0.4 is 0 Å². The van der Waals surface area contributed by atoms with Crippen LogP contribution in [-0.4, -0.2) is 28.1 Å². The molecular weight excluding hydrogens is 322 g/mol. The molecule has 24 heavy (non-hydrogen) atoms. The lowest BCUT2D eigenvalue weighted by Crippen LogP contribution is -2.10. The smallest absolute Gasteiger partial charge is 0.303 e. The number of carbonyl (C=O) groups is 2. The van der Waals surface area contributed by atoms with Crippen molar-refractivity contribution in [1.29, 1.82) is 0 Å². The first kappa shape index (κ1) is 16.8. The van der Waals surface area contributed by atoms with Crippen LogP contribution in [-0.2, 0) is 28.8 Å². The predicted molar refractivity (Wildman–Crippen MR) is 96.4 cm³/mol. The van der Waals surface area contributed by atoms with E-state index in [1.165, 1.54) is 29.2 Å². The van der Waals surface area contributed by atoms with Gasteiger partial charge in [-0.2, -0.15) is 0 Å². The Hall–Kier alpha value is -2.01. The molecule has 0 spiro atoms. The van der Waals surface area contributed by atoms with Crippen molar-refractivity contribution in [3.63, 3.8) is 0 Å². The zero-order valence-electron chi connectivity index (χ0n) is 14.0. The molecule has 3 rings (SSSR count). The average Bonchev–Trinajstić information content (AvgIpc) is 2.94. The molecule has 1 aromatic carbocycles. The highest BCUT2D eigenvalue weighted by atomic mass is 32.2. The molecule has 1 aliphatic rings. The molecule has 0 bridgehead atoms. The Morgan fingerprint density at radius 1 is 1.17 bits per heavy atom. The molecule has 0 atom stereocenters. The lowest BCUT2D eigenvalue weighted by Gasteiger charge is -2.18. The lowest BCUT2D eigenvalue weighted by molar-refractivity contribution is -0.138. The van der Waals surface area contributed by atoms with E-state index in [9.17, 15) is 9.59 Å². The van der Waals surface area contributed by atoms with E-state index in [1.54, 1.807) is 23.3 Å². The molecule has 0 radical (unpaired) electrons. The molecule has 0 saturated carbocycles. The average molecular weight is 343 g/mol. The van der Waals surface area contributed by atoms with Gasteiger partial charge >= 0.3 is 5.97 Å². The SMILES string of the molecule is CC(=O)OCSCCc1c2c(cn1C(C)=O)CCc1ccccc1-2. The van der Waals surface area contributed by atoms with Crippen molar-refractivity contribution >= 4 is 23.6 Å². The minimum Gasteiger partial charge on any atom is -0.455 e. The van der Waals surface area contributed by atoms with E-state index < -0.39 is 0 Å². The molecule has 2 aromatic rings. The molecule has 0 N–H and O–H groups in total. The number of nitrogens with zero attached hydrogens (tertiary/aromatic N) is 1. The maximum Gasteiger partial charge on any atom is 0.303 e. The van der Waals surface area contributed by atoms with E-state index in [4.69, 9.17) is 4.74 Å². The predicted octanol–water partition coefficient (Wildman–Crippen LogP) is 3.71. The van der Waals surface area contributed by atoms with Crippen LogP contribution in [0.3, 0.4) is 0 Å². The van der Waals surface area contributed by atoms with Crippen molar-refractivity contribution in [1.82, 2.24) is 4.57 Å². The number of ether oxygens (including phenoxy) is 1. The molecular formula is C19H21NO3S. The summed E-state index contributed by atoms with van der Waals surface area (Å²) in [5.74, 6) is 0.941. The fourth-order valence-corrected chi connectivity index (χ4v) is 3.96. The summed E-state index contributed by atoms with van der Waals surface area (Å²) in [6.07, 6.45) is 4.76. The zero-order valence-corrected chi connectivity index (χ0v) is 14.8. The second-order valence-corrected chi connectivity index (χ2v) is 6.99. The van der Waals surface area contributed by atoms with Gasteiger partial charge in [-0.3, -0.25) is 14.2 Å². The number of benzene rings is 1. The maximum absolute atomic E-state index is 12.1. The van der Waals surface area contributed by atoms with Crippen LogP contribution in [0.15, 0.2) is 30.5 Å². The first-order valence-electron chi connectivity index (χ1n) is 8.11. The molecule has 0 fully saturated rings. The topological polar surface area (TPSA) is 48.3 Å². The largest absolute Gasteiger partial charge is 0.455 e. The summed E-state index contributed by atoms with van der Waals surface area (Å²) < 4.78 is 6.75. The van der Waals surface area contributed by atoms with Gasteiger partial charge in [-0.15, -0.1) is 11.8 Å². The zero-order chi connectivity index (χ0) is 17.1. The minimum atomic E-state index is -0.263. The van der Waals surface area contributed by atoms with Crippen molar-refractivity contribution in [3.8, 4) is 11.1 Å². The third kappa shape index (κ3) is 3.41. The van der Waals surface area contributed by atoms with Crippen LogP contribution in [0.25, 0.3) is 11.1 Å². The van der Waals surface area contributed by atoms with E-state index in [0.29, 0.717) is 5.94 Å². The lowest BCUT2D eigenvalue weighted by atomic mass is 9.86. The Morgan fingerprint density at radius 3 is 2.67 bits per heavy atom. The monoisotopic (exact) mass is 343 g/mol. The molecule has 126 valence electrons. The fourth-order valence-electron chi connectivity index (χ4n) is 3.25. The van der Waals surface area contributed by atoms with Gasteiger partial charge < -0.3 is 4.74 Å².